The van der Waals surface area contributed by atoms with Crippen molar-refractivity contribution in [3.63, 3.8) is 0 Å². The normalized spacial score (nSPS) is 17.8. The van der Waals surface area contributed by atoms with Gasteiger partial charge in [-0.2, -0.15) is 5.10 Å². The molecule has 0 aliphatic heterocycles. The van der Waals surface area contributed by atoms with Crippen LogP contribution in [0.25, 0.3) is 55.4 Å². The van der Waals surface area contributed by atoms with E-state index in [1.807, 2.05) is 27.6 Å². The van der Waals surface area contributed by atoms with E-state index >= 15 is 4.39 Å². The third-order valence-corrected chi connectivity index (χ3v) is 9.94. The fraction of sp³-hybridized carbons (Fsp3) is 0.361. The maximum absolute atomic E-state index is 15.7. The first-order chi connectivity index (χ1) is 23.6. The summed E-state index contributed by atoms with van der Waals surface area (Å²) in [6.07, 6.45) is 6.75. The monoisotopic (exact) mass is 664 g/mol. The van der Waals surface area contributed by atoms with Crippen LogP contribution in [0.15, 0.2) is 53.6 Å². The van der Waals surface area contributed by atoms with Crippen molar-refractivity contribution in [1.29, 1.82) is 0 Å². The SMILES string of the molecule is COC(=O)N[C@@H]1CC[C@@H](n2c(=O)n(C)c3cnc4[nH]c(-c5ccc(C(=O)NC6CC6)c(F)c5)c(-c5ccc6c(cnn6C(C)C)c5)c4c32)C1. The molecule has 13 heteroatoms. The Bertz CT molecular complexity index is 2360. The van der Waals surface area contributed by atoms with E-state index in [4.69, 9.17) is 9.72 Å². The predicted octanol–water partition coefficient (Wildman–Crippen LogP) is 5.96. The topological polar surface area (TPSA) is 141 Å². The van der Waals surface area contributed by atoms with Gasteiger partial charge in [0.25, 0.3) is 5.91 Å². The largest absolute Gasteiger partial charge is 0.453 e. The molecule has 3 N–H and O–H groups in total. The van der Waals surface area contributed by atoms with Crippen LogP contribution < -0.4 is 16.3 Å². The average molecular weight is 665 g/mol. The van der Waals surface area contributed by atoms with Gasteiger partial charge in [-0.3, -0.25) is 18.6 Å². The molecule has 0 bridgehead atoms. The zero-order valence-corrected chi connectivity index (χ0v) is 27.7. The van der Waals surface area contributed by atoms with Gasteiger partial charge in [0.15, 0.2) is 0 Å². The molecule has 2 aliphatic carbocycles. The van der Waals surface area contributed by atoms with E-state index in [0.717, 1.165) is 40.3 Å². The molecule has 0 radical (unpaired) electrons. The van der Waals surface area contributed by atoms with E-state index < -0.39 is 17.8 Å². The summed E-state index contributed by atoms with van der Waals surface area (Å²) in [6, 6.07) is 10.7. The lowest BCUT2D eigenvalue weighted by molar-refractivity contribution is 0.0947. The lowest BCUT2D eigenvalue weighted by atomic mass is 9.96. The summed E-state index contributed by atoms with van der Waals surface area (Å²) in [5, 5.41) is 12.0. The zero-order valence-electron chi connectivity index (χ0n) is 27.7. The number of hydrogen-bond donors (Lipinski definition) is 3. The number of aryl methyl sites for hydroxylation is 1. The van der Waals surface area contributed by atoms with Gasteiger partial charge in [-0.05, 0) is 75.8 Å². The van der Waals surface area contributed by atoms with Crippen molar-refractivity contribution >= 4 is 45.0 Å². The number of amides is 2. The van der Waals surface area contributed by atoms with E-state index in [-0.39, 0.29) is 35.4 Å². The number of ether oxygens (including phenoxy) is 1. The number of aromatic nitrogens is 6. The Morgan fingerprint density at radius 2 is 1.78 bits per heavy atom. The van der Waals surface area contributed by atoms with Crippen LogP contribution >= 0.6 is 0 Å². The Morgan fingerprint density at radius 3 is 2.51 bits per heavy atom. The van der Waals surface area contributed by atoms with Crippen molar-refractivity contribution in [2.75, 3.05) is 7.11 Å². The third kappa shape index (κ3) is 5.15. The highest BCUT2D eigenvalue weighted by Crippen LogP contribution is 2.43. The Morgan fingerprint density at radius 1 is 1.00 bits per heavy atom. The molecule has 2 aromatic carbocycles. The number of benzene rings is 2. The number of methoxy groups -OCH3 is 1. The number of nitrogens with one attached hydrogen (secondary N) is 3. The quantitative estimate of drug-likeness (QED) is 0.192. The van der Waals surface area contributed by atoms with Crippen LogP contribution in [-0.4, -0.2) is 60.1 Å². The van der Waals surface area contributed by atoms with Crippen molar-refractivity contribution in [1.82, 2.24) is 39.5 Å². The molecule has 49 heavy (non-hydrogen) atoms. The van der Waals surface area contributed by atoms with Gasteiger partial charge >= 0.3 is 11.8 Å². The molecule has 0 saturated heterocycles. The average Bonchev–Trinajstić information content (AvgIpc) is 3.38. The van der Waals surface area contributed by atoms with Gasteiger partial charge < -0.3 is 20.4 Å². The molecular formula is C36H37FN8O4. The maximum Gasteiger partial charge on any atom is 0.407 e. The molecule has 252 valence electrons. The number of fused-ring (bicyclic) bond motifs is 4. The van der Waals surface area contributed by atoms with Crippen LogP contribution in [0.5, 0.6) is 0 Å². The summed E-state index contributed by atoms with van der Waals surface area (Å²) < 4.78 is 25.9. The highest BCUT2D eigenvalue weighted by Gasteiger charge is 2.33. The summed E-state index contributed by atoms with van der Waals surface area (Å²) in [7, 11) is 3.06. The number of H-pyrrole nitrogens is 1. The fourth-order valence-electron chi connectivity index (χ4n) is 7.34. The van der Waals surface area contributed by atoms with Gasteiger partial charge in [0.2, 0.25) is 0 Å². The van der Waals surface area contributed by atoms with E-state index in [0.29, 0.717) is 47.2 Å². The first kappa shape index (κ1) is 30.8. The molecule has 2 amide bonds. The smallest absolute Gasteiger partial charge is 0.407 e. The molecule has 0 unspecified atom stereocenters. The predicted molar refractivity (Wildman–Crippen MR) is 184 cm³/mol. The minimum Gasteiger partial charge on any atom is -0.453 e. The van der Waals surface area contributed by atoms with Gasteiger partial charge in [-0.1, -0.05) is 12.1 Å². The summed E-state index contributed by atoms with van der Waals surface area (Å²) in [5.41, 5.74) is 5.41. The van der Waals surface area contributed by atoms with Crippen molar-refractivity contribution in [3.05, 3.63) is 70.7 Å². The summed E-state index contributed by atoms with van der Waals surface area (Å²) in [6.45, 7) is 4.15. The van der Waals surface area contributed by atoms with E-state index in [2.05, 4.69) is 40.6 Å². The van der Waals surface area contributed by atoms with Crippen molar-refractivity contribution in [2.24, 2.45) is 7.05 Å². The van der Waals surface area contributed by atoms with Gasteiger partial charge in [-0.25, -0.2) is 19.0 Å². The molecular weight excluding hydrogens is 627 g/mol. The van der Waals surface area contributed by atoms with Crippen LogP contribution in [0.2, 0.25) is 0 Å². The van der Waals surface area contributed by atoms with Crippen LogP contribution in [0, 0.1) is 5.82 Å². The zero-order chi connectivity index (χ0) is 34.1. The number of imidazole rings is 1. The number of hydrogen-bond acceptors (Lipinski definition) is 6. The summed E-state index contributed by atoms with van der Waals surface area (Å²) in [4.78, 5) is 47.0. The number of nitrogens with zero attached hydrogens (tertiary/aromatic N) is 5. The van der Waals surface area contributed by atoms with Crippen molar-refractivity contribution in [3.8, 4) is 22.4 Å². The maximum atomic E-state index is 15.7. The van der Waals surface area contributed by atoms with E-state index in [1.165, 1.54) is 19.2 Å². The van der Waals surface area contributed by atoms with E-state index in [1.54, 1.807) is 23.9 Å². The number of carbonyl (C=O) groups excluding carboxylic acids is 2. The molecule has 2 aliphatic rings. The molecule has 12 nitrogen and oxygen atoms in total. The Hall–Kier alpha value is -5.46. The fourth-order valence-corrected chi connectivity index (χ4v) is 7.34. The number of pyridine rings is 1. The first-order valence-electron chi connectivity index (χ1n) is 16.7. The lowest BCUT2D eigenvalue weighted by Crippen LogP contribution is -2.33. The van der Waals surface area contributed by atoms with Crippen LogP contribution in [0.3, 0.4) is 0 Å². The molecule has 0 spiro atoms. The number of halogens is 1. The van der Waals surface area contributed by atoms with Gasteiger partial charge in [0.05, 0.1) is 52.7 Å². The summed E-state index contributed by atoms with van der Waals surface area (Å²) in [5.74, 6) is -1.05. The minimum absolute atomic E-state index is 0.00963. The standard InChI is InChI=1S/C36H37FN8O4/c1-18(2)45-27-12-6-19(13-21(27)16-39-45)29-30-32-28(43(3)36(48)44(32)24-10-9-23(15-24)41-35(47)49-4)17-38-33(30)42-31(29)20-5-11-25(26(37)14-20)34(46)40-22-7-8-22/h5-6,11-14,16-18,22-24H,7-10,15H2,1-4H3,(H,38,42)(H,40,46)(H,41,47)/t23-,24-/m1/s1. The molecule has 2 saturated carbocycles. The molecule has 2 atom stereocenters. The lowest BCUT2D eigenvalue weighted by Gasteiger charge is -2.15. The van der Waals surface area contributed by atoms with Crippen molar-refractivity contribution < 1.29 is 18.7 Å². The van der Waals surface area contributed by atoms with Gasteiger partial charge in [-0.15, -0.1) is 0 Å². The second kappa shape index (κ2) is 11.6. The second-order valence-corrected chi connectivity index (χ2v) is 13.5. The number of carbonyl (C=O) groups is 2. The van der Waals surface area contributed by atoms with Gasteiger partial charge in [0, 0.05) is 47.7 Å². The number of aromatic amines is 1. The van der Waals surface area contributed by atoms with Gasteiger partial charge in [0.1, 0.15) is 11.5 Å². The number of alkyl carbamates (subject to hydrolysis) is 1. The molecule has 4 heterocycles. The van der Waals surface area contributed by atoms with Crippen molar-refractivity contribution in [2.45, 2.75) is 70.1 Å². The first-order valence-corrected chi connectivity index (χ1v) is 16.7. The van der Waals surface area contributed by atoms with E-state index in [9.17, 15) is 14.4 Å². The Labute approximate surface area is 280 Å². The molecule has 8 rings (SSSR count). The Balaban J connectivity index is 1.35. The minimum atomic E-state index is -0.626. The molecule has 2 fully saturated rings. The summed E-state index contributed by atoms with van der Waals surface area (Å²) >= 11 is 0. The highest BCUT2D eigenvalue weighted by atomic mass is 19.1. The molecule has 4 aromatic heterocycles. The second-order valence-electron chi connectivity index (χ2n) is 13.5. The Kier molecular flexibility index (Phi) is 7.30. The highest BCUT2D eigenvalue weighted by molar-refractivity contribution is 6.15. The third-order valence-electron chi connectivity index (χ3n) is 9.94. The molecule has 6 aromatic rings. The van der Waals surface area contributed by atoms with Crippen LogP contribution in [0.4, 0.5) is 9.18 Å². The number of rotatable bonds is 7. The van der Waals surface area contributed by atoms with Crippen LogP contribution in [0.1, 0.15) is 68.4 Å². The van der Waals surface area contributed by atoms with Crippen LogP contribution in [-0.2, 0) is 11.8 Å².